The highest BCUT2D eigenvalue weighted by molar-refractivity contribution is 7.85. The van der Waals surface area contributed by atoms with Crippen LogP contribution in [0, 0.1) is 10.1 Å². The number of nitro benzene ring substituents is 1. The molecule has 0 aliphatic heterocycles. The maximum atomic E-state index is 11.3. The first-order valence-electron chi connectivity index (χ1n) is 7.15. The number of azo groups is 1. The number of benzene rings is 3. The van der Waals surface area contributed by atoms with Gasteiger partial charge in [-0.2, -0.15) is 13.5 Å². The van der Waals surface area contributed by atoms with Gasteiger partial charge in [-0.15, -0.1) is 5.11 Å². The second-order valence-electron chi connectivity index (χ2n) is 5.26. The van der Waals surface area contributed by atoms with Gasteiger partial charge >= 0.3 is 0 Å². The molecular formula is C16H11N3O6S. The minimum atomic E-state index is -4.42. The summed E-state index contributed by atoms with van der Waals surface area (Å²) in [7, 11) is -4.42. The van der Waals surface area contributed by atoms with Gasteiger partial charge in [0.05, 0.1) is 21.2 Å². The summed E-state index contributed by atoms with van der Waals surface area (Å²) in [5.74, 6) is -0.0869. The summed E-state index contributed by atoms with van der Waals surface area (Å²) in [6.45, 7) is 0. The summed E-state index contributed by atoms with van der Waals surface area (Å²) in [4.78, 5) is 9.76. The number of rotatable bonds is 4. The highest BCUT2D eigenvalue weighted by Gasteiger charge is 2.13. The van der Waals surface area contributed by atoms with E-state index in [2.05, 4.69) is 10.2 Å². The molecule has 2 N–H and O–H groups in total. The van der Waals surface area contributed by atoms with Gasteiger partial charge in [0, 0.05) is 22.9 Å². The van der Waals surface area contributed by atoms with E-state index in [0.29, 0.717) is 11.1 Å². The predicted molar refractivity (Wildman–Crippen MR) is 92.7 cm³/mol. The van der Waals surface area contributed by atoms with Gasteiger partial charge in [-0.3, -0.25) is 14.7 Å². The number of fused-ring (bicyclic) bond motifs is 1. The molecule has 9 nitrogen and oxygen atoms in total. The molecule has 132 valence electrons. The molecular weight excluding hydrogens is 362 g/mol. The van der Waals surface area contributed by atoms with Crippen molar-refractivity contribution in [2.75, 3.05) is 0 Å². The lowest BCUT2D eigenvalue weighted by Crippen LogP contribution is -1.97. The Bertz CT molecular complexity index is 1140. The number of phenols is 1. The summed E-state index contributed by atoms with van der Waals surface area (Å²) >= 11 is 0. The average molecular weight is 373 g/mol. The Morgan fingerprint density at radius 3 is 2.23 bits per heavy atom. The SMILES string of the molecule is O=[N+]([O-])c1ccc(N=Nc2ccc(O)c3ccc(S(=O)(=O)O)cc23)cc1. The molecule has 0 aliphatic rings. The van der Waals surface area contributed by atoms with Crippen LogP contribution in [0.5, 0.6) is 5.75 Å². The lowest BCUT2D eigenvalue weighted by molar-refractivity contribution is -0.384. The minimum Gasteiger partial charge on any atom is -0.507 e. The molecule has 0 radical (unpaired) electrons. The molecule has 0 saturated carbocycles. The third kappa shape index (κ3) is 3.50. The molecule has 26 heavy (non-hydrogen) atoms. The zero-order chi connectivity index (χ0) is 18.9. The van der Waals surface area contributed by atoms with Crippen LogP contribution in [0.4, 0.5) is 17.1 Å². The Kier molecular flexibility index (Phi) is 4.36. The molecule has 0 fully saturated rings. The molecule has 0 spiro atoms. The van der Waals surface area contributed by atoms with Crippen molar-refractivity contribution in [1.82, 2.24) is 0 Å². The average Bonchev–Trinajstić information content (AvgIpc) is 2.60. The molecule has 0 heterocycles. The van der Waals surface area contributed by atoms with Gasteiger partial charge in [-0.1, -0.05) is 0 Å². The molecule has 0 aliphatic carbocycles. The largest absolute Gasteiger partial charge is 0.507 e. The van der Waals surface area contributed by atoms with Crippen molar-refractivity contribution in [3.63, 3.8) is 0 Å². The van der Waals surface area contributed by atoms with Crippen LogP contribution < -0.4 is 0 Å². The third-order valence-electron chi connectivity index (χ3n) is 3.57. The topological polar surface area (TPSA) is 142 Å². The van der Waals surface area contributed by atoms with Crippen LogP contribution >= 0.6 is 0 Å². The Hall–Kier alpha value is -3.37. The zero-order valence-electron chi connectivity index (χ0n) is 13.0. The van der Waals surface area contributed by atoms with Crippen molar-refractivity contribution in [2.45, 2.75) is 4.90 Å². The molecule has 3 aromatic rings. The predicted octanol–water partition coefficient (Wildman–Crippen LogP) is 4.12. The summed E-state index contributed by atoms with van der Waals surface area (Å²) in [5.41, 5.74) is 0.515. The number of aromatic hydroxyl groups is 1. The smallest absolute Gasteiger partial charge is 0.294 e. The van der Waals surface area contributed by atoms with E-state index < -0.39 is 15.0 Å². The molecule has 0 bridgehead atoms. The van der Waals surface area contributed by atoms with Crippen LogP contribution in [-0.4, -0.2) is 23.0 Å². The molecule has 0 atom stereocenters. The van der Waals surface area contributed by atoms with Crippen LogP contribution in [0.3, 0.4) is 0 Å². The van der Waals surface area contributed by atoms with Gasteiger partial charge in [-0.25, -0.2) is 0 Å². The number of nitrogens with zero attached hydrogens (tertiary/aromatic N) is 3. The van der Waals surface area contributed by atoms with E-state index >= 15 is 0 Å². The van der Waals surface area contributed by atoms with E-state index in [4.69, 9.17) is 0 Å². The van der Waals surface area contributed by atoms with Crippen LogP contribution in [0.2, 0.25) is 0 Å². The van der Waals surface area contributed by atoms with Gasteiger partial charge in [-0.05, 0) is 42.5 Å². The molecule has 3 aromatic carbocycles. The van der Waals surface area contributed by atoms with Gasteiger partial charge in [0.25, 0.3) is 15.8 Å². The highest BCUT2D eigenvalue weighted by atomic mass is 32.2. The summed E-state index contributed by atoms with van der Waals surface area (Å²) in [5, 5.41) is 29.1. The van der Waals surface area contributed by atoms with Crippen LogP contribution in [0.25, 0.3) is 10.8 Å². The first kappa shape index (κ1) is 17.5. The number of non-ortho nitro benzene ring substituents is 1. The molecule has 3 rings (SSSR count). The van der Waals surface area contributed by atoms with Crippen molar-refractivity contribution in [3.05, 3.63) is 64.7 Å². The Labute approximate surface area is 147 Å². The first-order chi connectivity index (χ1) is 12.3. The molecule has 0 amide bonds. The summed E-state index contributed by atoms with van der Waals surface area (Å²) in [6, 6.07) is 11.9. The fourth-order valence-electron chi connectivity index (χ4n) is 2.30. The quantitative estimate of drug-likeness (QED) is 0.305. The van der Waals surface area contributed by atoms with Gasteiger partial charge in [0.15, 0.2) is 0 Å². The maximum absolute atomic E-state index is 11.3. The standard InChI is InChI=1S/C16H11N3O6S/c20-16-8-7-15(14-9-12(26(23,24)25)5-6-13(14)16)18-17-10-1-3-11(4-2-10)19(21)22/h1-9,20H,(H,23,24,25). The molecule has 0 saturated heterocycles. The van der Waals surface area contributed by atoms with Gasteiger partial charge in [0.2, 0.25) is 0 Å². The van der Waals surface area contributed by atoms with Crippen molar-refractivity contribution < 1.29 is 23.0 Å². The molecule has 10 heteroatoms. The second-order valence-corrected chi connectivity index (χ2v) is 6.68. The van der Waals surface area contributed by atoms with E-state index in [1.807, 2.05) is 0 Å². The lowest BCUT2D eigenvalue weighted by atomic mass is 10.1. The van der Waals surface area contributed by atoms with Crippen LogP contribution in [0.1, 0.15) is 0 Å². The van der Waals surface area contributed by atoms with E-state index in [-0.39, 0.29) is 27.4 Å². The van der Waals surface area contributed by atoms with Gasteiger partial charge in [0.1, 0.15) is 5.75 Å². The second kappa shape index (κ2) is 6.50. The monoisotopic (exact) mass is 373 g/mol. The van der Waals surface area contributed by atoms with E-state index in [1.54, 1.807) is 0 Å². The number of hydrogen-bond acceptors (Lipinski definition) is 7. The van der Waals surface area contributed by atoms with Crippen molar-refractivity contribution in [1.29, 1.82) is 0 Å². The van der Waals surface area contributed by atoms with Gasteiger partial charge < -0.3 is 5.11 Å². The fourth-order valence-corrected chi connectivity index (χ4v) is 2.80. The normalized spacial score (nSPS) is 11.9. The first-order valence-corrected chi connectivity index (χ1v) is 8.59. The molecule has 0 aromatic heterocycles. The van der Waals surface area contributed by atoms with E-state index in [1.165, 1.54) is 48.5 Å². The lowest BCUT2D eigenvalue weighted by Gasteiger charge is -2.05. The maximum Gasteiger partial charge on any atom is 0.294 e. The van der Waals surface area contributed by atoms with E-state index in [9.17, 15) is 28.2 Å². The minimum absolute atomic E-state index is 0.0863. The summed E-state index contributed by atoms with van der Waals surface area (Å²) < 4.78 is 31.8. The number of hydrogen-bond donors (Lipinski definition) is 2. The highest BCUT2D eigenvalue weighted by Crippen LogP contribution is 2.35. The van der Waals surface area contributed by atoms with E-state index in [0.717, 1.165) is 6.07 Å². The van der Waals surface area contributed by atoms with Crippen LogP contribution in [0.15, 0.2) is 69.7 Å². The Morgan fingerprint density at radius 1 is 0.923 bits per heavy atom. The van der Waals surface area contributed by atoms with Crippen molar-refractivity contribution in [2.24, 2.45) is 10.2 Å². The Morgan fingerprint density at radius 2 is 1.62 bits per heavy atom. The number of phenolic OH excluding ortho intramolecular Hbond substituents is 1. The van der Waals surface area contributed by atoms with Crippen LogP contribution in [-0.2, 0) is 10.1 Å². The zero-order valence-corrected chi connectivity index (χ0v) is 13.8. The third-order valence-corrected chi connectivity index (χ3v) is 4.42. The number of nitro groups is 1. The van der Waals surface area contributed by atoms with Crippen molar-refractivity contribution in [3.8, 4) is 5.75 Å². The summed E-state index contributed by atoms with van der Waals surface area (Å²) in [6.07, 6.45) is 0. The fraction of sp³-hybridized carbons (Fsp3) is 0. The Balaban J connectivity index is 2.06. The van der Waals surface area contributed by atoms with Crippen molar-refractivity contribution >= 4 is 38.0 Å². The molecule has 0 unspecified atom stereocenters.